The van der Waals surface area contributed by atoms with Crippen molar-refractivity contribution in [1.29, 1.82) is 0 Å². The number of ether oxygens (including phenoxy) is 2. The number of benzene rings is 3. The molecule has 226 valence electrons. The molecule has 3 aromatic rings. The molecule has 7 rings (SSSR count). The van der Waals surface area contributed by atoms with Gasteiger partial charge in [0.1, 0.15) is 6.10 Å². The first-order chi connectivity index (χ1) is 20.6. The molecule has 0 aromatic heterocycles. The standard InChI is InChI=1S/C34H38N2O6S/c1-23(37)41-28-14-13-26-21-29-34(38)17-15-27(35(2)43(39,40)22-25-11-7-4-8-12-25)32-33(34,30(26)31(28)42-32)18-20-36(29)19-16-24-9-5-3-6-10-24/h3-14,27,29,32,38H,15-22H2,1-2H3/t27?,29-,32?,33+,34-/m1/s1. The van der Waals surface area contributed by atoms with Gasteiger partial charge >= 0.3 is 5.97 Å². The maximum Gasteiger partial charge on any atom is 0.308 e. The number of carbonyl (C=O) groups is 1. The molecule has 0 amide bonds. The molecule has 2 heterocycles. The van der Waals surface area contributed by atoms with Crippen molar-refractivity contribution >= 4 is 16.0 Å². The molecule has 2 fully saturated rings. The highest BCUT2D eigenvalue weighted by Crippen LogP contribution is 2.66. The largest absolute Gasteiger partial charge is 0.483 e. The minimum Gasteiger partial charge on any atom is -0.483 e. The highest BCUT2D eigenvalue weighted by Gasteiger charge is 2.73. The third kappa shape index (κ3) is 4.43. The second-order valence-electron chi connectivity index (χ2n) is 12.6. The zero-order valence-corrected chi connectivity index (χ0v) is 25.4. The predicted octanol–water partition coefficient (Wildman–Crippen LogP) is 3.84. The number of hydrogen-bond donors (Lipinski definition) is 1. The Morgan fingerprint density at radius 2 is 1.74 bits per heavy atom. The van der Waals surface area contributed by atoms with Gasteiger partial charge in [0.05, 0.1) is 22.8 Å². The lowest BCUT2D eigenvalue weighted by Crippen LogP contribution is -2.78. The Balaban J connectivity index is 1.28. The Morgan fingerprint density at radius 1 is 1.05 bits per heavy atom. The zero-order valence-electron chi connectivity index (χ0n) is 24.6. The predicted molar refractivity (Wildman–Crippen MR) is 162 cm³/mol. The molecular formula is C34H38N2O6S. The number of aliphatic hydroxyl groups is 1. The Labute approximate surface area is 253 Å². The van der Waals surface area contributed by atoms with E-state index < -0.39 is 39.2 Å². The third-order valence-corrected chi connectivity index (χ3v) is 12.3. The molecule has 5 atom stereocenters. The summed E-state index contributed by atoms with van der Waals surface area (Å²) in [5.74, 6) is 0.243. The van der Waals surface area contributed by atoms with Crippen LogP contribution < -0.4 is 9.47 Å². The van der Waals surface area contributed by atoms with E-state index in [0.29, 0.717) is 37.2 Å². The molecule has 2 aliphatic heterocycles. The van der Waals surface area contributed by atoms with E-state index in [1.165, 1.54) is 16.8 Å². The molecule has 4 aliphatic rings. The molecule has 2 bridgehead atoms. The fourth-order valence-corrected chi connectivity index (χ4v) is 9.93. The number of rotatable bonds is 8. The van der Waals surface area contributed by atoms with Gasteiger partial charge in [-0.2, -0.15) is 4.31 Å². The molecule has 3 aromatic carbocycles. The monoisotopic (exact) mass is 602 g/mol. The summed E-state index contributed by atoms with van der Waals surface area (Å²) in [6, 6.07) is 22.7. The molecule has 1 spiro atoms. The number of likely N-dealkylation sites (N-methyl/N-ethyl adjacent to an activating group) is 1. The Kier molecular flexibility index (Phi) is 6.93. The molecule has 0 radical (unpaired) electrons. The van der Waals surface area contributed by atoms with Crippen LogP contribution in [-0.4, -0.2) is 72.6 Å². The van der Waals surface area contributed by atoms with Crippen LogP contribution in [-0.2, 0) is 38.8 Å². The number of piperidine rings is 1. The smallest absolute Gasteiger partial charge is 0.308 e. The maximum absolute atomic E-state index is 13.8. The van der Waals surface area contributed by atoms with Crippen LogP contribution in [0, 0.1) is 0 Å². The molecule has 1 saturated carbocycles. The van der Waals surface area contributed by atoms with Crippen molar-refractivity contribution in [2.75, 3.05) is 20.1 Å². The normalized spacial score (nSPS) is 29.2. The van der Waals surface area contributed by atoms with Gasteiger partial charge < -0.3 is 14.6 Å². The lowest BCUT2D eigenvalue weighted by atomic mass is 9.48. The van der Waals surface area contributed by atoms with Crippen LogP contribution in [0.4, 0.5) is 0 Å². The highest BCUT2D eigenvalue weighted by molar-refractivity contribution is 7.88. The van der Waals surface area contributed by atoms with Gasteiger partial charge in [0.2, 0.25) is 10.0 Å². The van der Waals surface area contributed by atoms with Gasteiger partial charge in [-0.3, -0.25) is 9.69 Å². The van der Waals surface area contributed by atoms with E-state index in [1.54, 1.807) is 13.1 Å². The quantitative estimate of drug-likeness (QED) is 0.309. The van der Waals surface area contributed by atoms with Crippen LogP contribution in [0.25, 0.3) is 0 Å². The minimum atomic E-state index is -3.70. The average molecular weight is 603 g/mol. The average Bonchev–Trinajstić information content (AvgIpc) is 3.34. The fourth-order valence-electron chi connectivity index (χ4n) is 8.48. The van der Waals surface area contributed by atoms with Crippen LogP contribution in [0.15, 0.2) is 72.8 Å². The van der Waals surface area contributed by atoms with Crippen LogP contribution in [0.3, 0.4) is 0 Å². The lowest BCUT2D eigenvalue weighted by Gasteiger charge is -2.64. The van der Waals surface area contributed by atoms with Crippen LogP contribution in [0.1, 0.15) is 48.4 Å². The van der Waals surface area contributed by atoms with Crippen molar-refractivity contribution in [1.82, 2.24) is 9.21 Å². The number of nitrogens with zero attached hydrogens (tertiary/aromatic N) is 2. The van der Waals surface area contributed by atoms with Crippen molar-refractivity contribution in [3.63, 3.8) is 0 Å². The van der Waals surface area contributed by atoms with Crippen molar-refractivity contribution in [3.05, 3.63) is 95.1 Å². The van der Waals surface area contributed by atoms with Crippen molar-refractivity contribution in [3.8, 4) is 11.5 Å². The number of esters is 1. The Morgan fingerprint density at radius 3 is 2.44 bits per heavy atom. The van der Waals surface area contributed by atoms with E-state index in [9.17, 15) is 18.3 Å². The molecular weight excluding hydrogens is 564 g/mol. The topological polar surface area (TPSA) is 96.4 Å². The van der Waals surface area contributed by atoms with E-state index in [-0.39, 0.29) is 11.8 Å². The zero-order chi connectivity index (χ0) is 30.0. The van der Waals surface area contributed by atoms with Crippen LogP contribution in [0.5, 0.6) is 11.5 Å². The Bertz CT molecular complexity index is 1650. The minimum absolute atomic E-state index is 0.113. The Hall–Kier alpha value is -3.24. The summed E-state index contributed by atoms with van der Waals surface area (Å²) < 4.78 is 41.4. The van der Waals surface area contributed by atoms with Crippen molar-refractivity contribution < 1.29 is 27.8 Å². The summed E-state index contributed by atoms with van der Waals surface area (Å²) >= 11 is 0. The van der Waals surface area contributed by atoms with Gasteiger partial charge in [0.25, 0.3) is 0 Å². The molecule has 9 heteroatoms. The van der Waals surface area contributed by atoms with E-state index in [4.69, 9.17) is 9.47 Å². The van der Waals surface area contributed by atoms with E-state index >= 15 is 0 Å². The van der Waals surface area contributed by atoms with Crippen LogP contribution in [0.2, 0.25) is 0 Å². The first kappa shape index (κ1) is 28.5. The maximum atomic E-state index is 13.8. The SMILES string of the molecule is CC(=O)Oc1ccc2c3c1OC1C(N(C)S(=O)(=O)Cc4ccccc4)CC[C@@]4(O)[C@@H](C2)N(CCc2ccccc2)CC[C@]314. The van der Waals surface area contributed by atoms with E-state index in [2.05, 4.69) is 29.2 Å². The van der Waals surface area contributed by atoms with Gasteiger partial charge in [-0.25, -0.2) is 8.42 Å². The number of sulfonamides is 1. The summed E-state index contributed by atoms with van der Waals surface area (Å²) in [7, 11) is -2.06. The summed E-state index contributed by atoms with van der Waals surface area (Å²) in [4.78, 5) is 14.5. The second kappa shape index (κ2) is 10.4. The van der Waals surface area contributed by atoms with Gasteiger partial charge in [-0.1, -0.05) is 66.7 Å². The van der Waals surface area contributed by atoms with Gasteiger partial charge in [0, 0.05) is 32.1 Å². The highest BCUT2D eigenvalue weighted by atomic mass is 32.2. The summed E-state index contributed by atoms with van der Waals surface area (Å²) in [6.45, 7) is 2.93. The summed E-state index contributed by atoms with van der Waals surface area (Å²) in [5.41, 5.74) is 2.01. The van der Waals surface area contributed by atoms with Gasteiger partial charge in [0.15, 0.2) is 11.5 Å². The molecule has 43 heavy (non-hydrogen) atoms. The molecule has 8 nitrogen and oxygen atoms in total. The van der Waals surface area contributed by atoms with Gasteiger partial charge in [-0.15, -0.1) is 0 Å². The van der Waals surface area contributed by atoms with E-state index in [0.717, 1.165) is 36.2 Å². The lowest BCUT2D eigenvalue weighted by molar-refractivity contribution is -0.195. The van der Waals surface area contributed by atoms with E-state index in [1.807, 2.05) is 42.5 Å². The first-order valence-electron chi connectivity index (χ1n) is 15.2. The molecule has 2 aliphatic carbocycles. The van der Waals surface area contributed by atoms with Crippen molar-refractivity contribution in [2.45, 2.75) is 74.0 Å². The molecule has 1 saturated heterocycles. The number of hydrogen-bond acceptors (Lipinski definition) is 7. The second-order valence-corrected chi connectivity index (χ2v) is 14.6. The fraction of sp³-hybridized carbons (Fsp3) is 0.441. The van der Waals surface area contributed by atoms with Gasteiger partial charge in [-0.05, 0) is 61.4 Å². The first-order valence-corrected chi connectivity index (χ1v) is 16.8. The summed E-state index contributed by atoms with van der Waals surface area (Å²) in [6.07, 6.45) is 2.44. The third-order valence-electron chi connectivity index (χ3n) is 10.4. The number of likely N-dealkylation sites (tertiary alicyclic amines) is 1. The number of carbonyl (C=O) groups excluding carboxylic acids is 1. The summed E-state index contributed by atoms with van der Waals surface area (Å²) in [5, 5.41) is 12.9. The van der Waals surface area contributed by atoms with Crippen LogP contribution >= 0.6 is 0 Å². The molecule has 2 unspecified atom stereocenters. The molecule has 1 N–H and O–H groups in total. The van der Waals surface area contributed by atoms with Crippen molar-refractivity contribution in [2.24, 2.45) is 0 Å².